The standard InChI is InChI=1S/C13H11F7N2O/c1-2-6-23-10-5-3-4-9(7-10)8-21-22-13(19,20)11(14,15)12(16,17)18/h2-5,7-8,22H,1,6H2/b21-8-. The number of hydrogen-bond donors (Lipinski definition) is 1. The molecule has 0 bridgehead atoms. The second-order valence-corrected chi connectivity index (χ2v) is 4.19. The van der Waals surface area contributed by atoms with Crippen molar-refractivity contribution in [1.82, 2.24) is 5.43 Å². The number of halogens is 7. The molecular weight excluding hydrogens is 333 g/mol. The van der Waals surface area contributed by atoms with Crippen molar-refractivity contribution in [1.29, 1.82) is 0 Å². The summed E-state index contributed by atoms with van der Waals surface area (Å²) in [5, 5.41) is 2.73. The number of ether oxygens (including phenoxy) is 1. The average molecular weight is 344 g/mol. The van der Waals surface area contributed by atoms with Crippen molar-refractivity contribution in [3.63, 3.8) is 0 Å². The van der Waals surface area contributed by atoms with Gasteiger partial charge in [0.25, 0.3) is 0 Å². The maximum Gasteiger partial charge on any atom is 0.462 e. The highest BCUT2D eigenvalue weighted by Gasteiger charge is 2.73. The molecule has 0 aromatic heterocycles. The predicted molar refractivity (Wildman–Crippen MR) is 68.8 cm³/mol. The highest BCUT2D eigenvalue weighted by atomic mass is 19.4. The summed E-state index contributed by atoms with van der Waals surface area (Å²) in [6.45, 7) is 3.57. The molecule has 1 rings (SSSR count). The lowest BCUT2D eigenvalue weighted by Gasteiger charge is -2.27. The van der Waals surface area contributed by atoms with Crippen LogP contribution in [0.4, 0.5) is 30.7 Å². The van der Waals surface area contributed by atoms with Crippen LogP contribution in [0, 0.1) is 0 Å². The van der Waals surface area contributed by atoms with E-state index >= 15 is 0 Å². The van der Waals surface area contributed by atoms with Crippen molar-refractivity contribution in [3.05, 3.63) is 42.5 Å². The Morgan fingerprint density at radius 1 is 1.13 bits per heavy atom. The first kappa shape index (κ1) is 18.8. The Labute approximate surface area is 126 Å². The summed E-state index contributed by atoms with van der Waals surface area (Å²) < 4.78 is 91.9. The molecule has 0 saturated carbocycles. The summed E-state index contributed by atoms with van der Waals surface area (Å²) in [4.78, 5) is 0. The molecule has 10 heteroatoms. The van der Waals surface area contributed by atoms with Crippen LogP contribution in [0.3, 0.4) is 0 Å². The zero-order chi connectivity index (χ0) is 17.7. The summed E-state index contributed by atoms with van der Waals surface area (Å²) in [6, 6.07) is 0.0301. The molecule has 128 valence electrons. The molecule has 0 spiro atoms. The lowest BCUT2D eigenvalue weighted by atomic mass is 10.2. The molecule has 0 heterocycles. The molecule has 0 aliphatic heterocycles. The molecule has 1 aromatic carbocycles. The van der Waals surface area contributed by atoms with Crippen LogP contribution in [0.2, 0.25) is 0 Å². The van der Waals surface area contributed by atoms with E-state index in [9.17, 15) is 30.7 Å². The van der Waals surface area contributed by atoms with Gasteiger partial charge in [0.15, 0.2) is 0 Å². The van der Waals surface area contributed by atoms with Crippen molar-refractivity contribution in [2.24, 2.45) is 5.10 Å². The van der Waals surface area contributed by atoms with E-state index in [0.717, 1.165) is 0 Å². The number of nitrogens with one attached hydrogen (secondary N) is 1. The fourth-order valence-electron chi connectivity index (χ4n) is 1.28. The first-order valence-electron chi connectivity index (χ1n) is 5.97. The molecule has 1 N–H and O–H groups in total. The van der Waals surface area contributed by atoms with Crippen molar-refractivity contribution in [2.45, 2.75) is 18.1 Å². The summed E-state index contributed by atoms with van der Waals surface area (Å²) in [6.07, 6.45) is -4.32. The number of benzene rings is 1. The average Bonchev–Trinajstić information content (AvgIpc) is 2.44. The third kappa shape index (κ3) is 4.60. The van der Waals surface area contributed by atoms with E-state index in [1.165, 1.54) is 30.3 Å². The lowest BCUT2D eigenvalue weighted by Crippen LogP contribution is -2.58. The highest BCUT2D eigenvalue weighted by molar-refractivity contribution is 5.79. The Morgan fingerprint density at radius 2 is 1.78 bits per heavy atom. The van der Waals surface area contributed by atoms with Gasteiger partial charge in [0.05, 0.1) is 6.21 Å². The van der Waals surface area contributed by atoms with Gasteiger partial charge in [-0.15, -0.1) is 0 Å². The van der Waals surface area contributed by atoms with Gasteiger partial charge in [0, 0.05) is 0 Å². The van der Waals surface area contributed by atoms with E-state index < -0.39 is 18.1 Å². The molecule has 3 nitrogen and oxygen atoms in total. The van der Waals surface area contributed by atoms with E-state index in [1.807, 2.05) is 0 Å². The molecule has 23 heavy (non-hydrogen) atoms. The maximum absolute atomic E-state index is 12.9. The van der Waals surface area contributed by atoms with Crippen LogP contribution in [0.25, 0.3) is 0 Å². The second-order valence-electron chi connectivity index (χ2n) is 4.19. The van der Waals surface area contributed by atoms with Gasteiger partial charge in [-0.05, 0) is 17.7 Å². The van der Waals surface area contributed by atoms with Crippen molar-refractivity contribution >= 4 is 6.21 Å². The van der Waals surface area contributed by atoms with Gasteiger partial charge in [-0.2, -0.15) is 35.8 Å². The van der Waals surface area contributed by atoms with Crippen LogP contribution in [0.15, 0.2) is 42.0 Å². The SMILES string of the molecule is C=CCOc1cccc(/C=N\NC(F)(F)C(F)(F)C(F)(F)F)c1. The van der Waals surface area contributed by atoms with E-state index in [2.05, 4.69) is 11.7 Å². The van der Waals surface area contributed by atoms with E-state index in [4.69, 9.17) is 4.74 Å². The lowest BCUT2D eigenvalue weighted by molar-refractivity contribution is -0.361. The van der Waals surface area contributed by atoms with E-state index in [-0.39, 0.29) is 12.2 Å². The van der Waals surface area contributed by atoms with Crippen molar-refractivity contribution < 1.29 is 35.5 Å². The fourth-order valence-corrected chi connectivity index (χ4v) is 1.28. The summed E-state index contributed by atoms with van der Waals surface area (Å²) in [7, 11) is 0. The minimum Gasteiger partial charge on any atom is -0.490 e. The van der Waals surface area contributed by atoms with Crippen LogP contribution in [0.1, 0.15) is 5.56 Å². The second kappa shape index (κ2) is 6.88. The van der Waals surface area contributed by atoms with Gasteiger partial charge in [0.2, 0.25) is 0 Å². The molecule has 1 aromatic rings. The Hall–Kier alpha value is -2.26. The molecular formula is C13H11F7N2O. The van der Waals surface area contributed by atoms with E-state index in [0.29, 0.717) is 17.4 Å². The van der Waals surface area contributed by atoms with Crippen LogP contribution in [-0.2, 0) is 0 Å². The van der Waals surface area contributed by atoms with Crippen LogP contribution < -0.4 is 10.2 Å². The molecule has 0 atom stereocenters. The van der Waals surface area contributed by atoms with Crippen LogP contribution in [0.5, 0.6) is 5.75 Å². The maximum atomic E-state index is 12.9. The molecule has 0 fully saturated rings. The first-order valence-corrected chi connectivity index (χ1v) is 5.97. The van der Waals surface area contributed by atoms with E-state index in [1.54, 1.807) is 0 Å². The number of rotatable bonds is 7. The van der Waals surface area contributed by atoms with Crippen molar-refractivity contribution in [3.8, 4) is 5.75 Å². The largest absolute Gasteiger partial charge is 0.490 e. The molecule has 0 aliphatic rings. The number of nitrogens with zero attached hydrogens (tertiary/aromatic N) is 1. The Bertz CT molecular complexity index is 570. The Kier molecular flexibility index (Phi) is 5.62. The van der Waals surface area contributed by atoms with Gasteiger partial charge < -0.3 is 4.74 Å². The van der Waals surface area contributed by atoms with Gasteiger partial charge >= 0.3 is 18.1 Å². The minimum absolute atomic E-state index is 0.144. The van der Waals surface area contributed by atoms with Crippen molar-refractivity contribution in [2.75, 3.05) is 6.61 Å². The summed E-state index contributed by atoms with van der Waals surface area (Å²) in [5.74, 6) is -5.96. The highest BCUT2D eigenvalue weighted by Crippen LogP contribution is 2.44. The third-order valence-corrected chi connectivity index (χ3v) is 2.39. The third-order valence-electron chi connectivity index (χ3n) is 2.39. The van der Waals surface area contributed by atoms with Gasteiger partial charge in [-0.1, -0.05) is 24.8 Å². The zero-order valence-electron chi connectivity index (χ0n) is 11.4. The number of hydrazone groups is 1. The summed E-state index contributed by atoms with van der Waals surface area (Å²) >= 11 is 0. The Balaban J connectivity index is 2.80. The van der Waals surface area contributed by atoms with Gasteiger partial charge in [-0.3, -0.25) is 0 Å². The molecule has 0 radical (unpaired) electrons. The molecule has 0 aliphatic carbocycles. The smallest absolute Gasteiger partial charge is 0.462 e. The quantitative estimate of drug-likeness (QED) is 0.267. The monoisotopic (exact) mass is 344 g/mol. The molecule has 0 saturated heterocycles. The van der Waals surface area contributed by atoms with Gasteiger partial charge in [0.1, 0.15) is 12.4 Å². The predicted octanol–water partition coefficient (Wildman–Crippen LogP) is 3.97. The number of alkyl halides is 7. The topological polar surface area (TPSA) is 33.6 Å². The minimum atomic E-state index is -6.42. The normalized spacial score (nSPS) is 13.2. The van der Waals surface area contributed by atoms with Crippen LogP contribution in [-0.4, -0.2) is 31.0 Å². The van der Waals surface area contributed by atoms with Gasteiger partial charge in [-0.25, -0.2) is 5.43 Å². The Morgan fingerprint density at radius 3 is 2.35 bits per heavy atom. The number of hydrogen-bond acceptors (Lipinski definition) is 3. The molecule has 0 amide bonds. The summed E-state index contributed by atoms with van der Waals surface area (Å²) in [5.41, 5.74) is 0.670. The van der Waals surface area contributed by atoms with Crippen LogP contribution >= 0.6 is 0 Å². The zero-order valence-corrected chi connectivity index (χ0v) is 11.4. The first-order chi connectivity index (χ1) is 10.5. The fraction of sp³-hybridized carbons (Fsp3) is 0.308. The molecule has 0 unspecified atom stereocenters.